The van der Waals surface area contributed by atoms with Crippen LogP contribution in [0, 0.1) is 0 Å². The van der Waals surface area contributed by atoms with Gasteiger partial charge in [0.1, 0.15) is 16.0 Å². The highest BCUT2D eigenvalue weighted by molar-refractivity contribution is 9.10. The summed E-state index contributed by atoms with van der Waals surface area (Å²) in [7, 11) is 3.38. The number of halogens is 1. The molecule has 0 aromatic heterocycles. The Morgan fingerprint density at radius 3 is 2.63 bits per heavy atom. The number of aryl methyl sites for hydroxylation is 1. The van der Waals surface area contributed by atoms with E-state index >= 15 is 0 Å². The molecule has 1 aromatic rings. The van der Waals surface area contributed by atoms with Gasteiger partial charge in [0.2, 0.25) is 0 Å². The minimum absolute atomic E-state index is 0.810. The van der Waals surface area contributed by atoms with Crippen molar-refractivity contribution in [3.8, 4) is 11.5 Å². The van der Waals surface area contributed by atoms with E-state index in [1.807, 2.05) is 6.07 Å². The average molecular weight is 328 g/mol. The van der Waals surface area contributed by atoms with Gasteiger partial charge in [-0.15, -0.1) is 0 Å². The van der Waals surface area contributed by atoms with E-state index in [1.165, 1.54) is 31.2 Å². The van der Waals surface area contributed by atoms with Crippen LogP contribution in [0.15, 0.2) is 16.6 Å². The lowest BCUT2D eigenvalue weighted by atomic mass is 10.1. The molecule has 0 heterocycles. The van der Waals surface area contributed by atoms with E-state index in [0.29, 0.717) is 0 Å². The van der Waals surface area contributed by atoms with Crippen molar-refractivity contribution in [2.45, 2.75) is 38.1 Å². The Morgan fingerprint density at radius 2 is 2.00 bits per heavy atom. The van der Waals surface area contributed by atoms with Gasteiger partial charge in [-0.1, -0.05) is 6.07 Å². The number of benzene rings is 1. The molecule has 0 saturated heterocycles. The van der Waals surface area contributed by atoms with Crippen LogP contribution in [0.5, 0.6) is 11.5 Å². The first-order valence-electron chi connectivity index (χ1n) is 6.89. The second kappa shape index (κ2) is 7.15. The number of unbranched alkanes of at least 4 members (excludes halogenated alkanes) is 1. The molecule has 1 aliphatic rings. The van der Waals surface area contributed by atoms with Crippen molar-refractivity contribution in [2.75, 3.05) is 20.8 Å². The molecule has 4 heteroatoms. The SMILES string of the molecule is COc1ccc(CCCCNC2CC2)c(OC)c1Br. The number of rotatable bonds is 8. The van der Waals surface area contributed by atoms with Crippen LogP contribution in [0.4, 0.5) is 0 Å². The summed E-state index contributed by atoms with van der Waals surface area (Å²) >= 11 is 3.54. The Hall–Kier alpha value is -0.740. The minimum atomic E-state index is 0.810. The monoisotopic (exact) mass is 327 g/mol. The van der Waals surface area contributed by atoms with Crippen LogP contribution in [0.3, 0.4) is 0 Å². The highest BCUT2D eigenvalue weighted by Crippen LogP contribution is 2.37. The van der Waals surface area contributed by atoms with Gasteiger partial charge in [-0.3, -0.25) is 0 Å². The Labute approximate surface area is 123 Å². The summed E-state index contributed by atoms with van der Waals surface area (Å²) in [6.07, 6.45) is 6.15. The summed E-state index contributed by atoms with van der Waals surface area (Å²) in [5, 5.41) is 3.54. The van der Waals surface area contributed by atoms with Crippen molar-refractivity contribution in [3.05, 3.63) is 22.2 Å². The van der Waals surface area contributed by atoms with E-state index < -0.39 is 0 Å². The van der Waals surface area contributed by atoms with Crippen molar-refractivity contribution in [2.24, 2.45) is 0 Å². The van der Waals surface area contributed by atoms with Crippen molar-refractivity contribution in [1.29, 1.82) is 0 Å². The smallest absolute Gasteiger partial charge is 0.139 e. The lowest BCUT2D eigenvalue weighted by Gasteiger charge is -2.13. The molecule has 3 nitrogen and oxygen atoms in total. The third kappa shape index (κ3) is 4.11. The molecule has 1 aliphatic carbocycles. The first-order valence-corrected chi connectivity index (χ1v) is 7.68. The average Bonchev–Trinajstić information content (AvgIpc) is 3.23. The van der Waals surface area contributed by atoms with Gasteiger partial charge < -0.3 is 14.8 Å². The van der Waals surface area contributed by atoms with Crippen LogP contribution in [0.1, 0.15) is 31.2 Å². The molecule has 19 heavy (non-hydrogen) atoms. The lowest BCUT2D eigenvalue weighted by Crippen LogP contribution is -2.17. The zero-order valence-corrected chi connectivity index (χ0v) is 13.3. The third-order valence-electron chi connectivity index (χ3n) is 3.45. The minimum Gasteiger partial charge on any atom is -0.495 e. The predicted octanol–water partition coefficient (Wildman–Crippen LogP) is 3.54. The first-order chi connectivity index (χ1) is 9.26. The summed E-state index contributed by atoms with van der Waals surface area (Å²) < 4.78 is 11.7. The zero-order chi connectivity index (χ0) is 13.7. The highest BCUT2D eigenvalue weighted by atomic mass is 79.9. The molecule has 1 saturated carbocycles. The summed E-state index contributed by atoms with van der Waals surface area (Å²) in [6, 6.07) is 4.89. The second-order valence-electron chi connectivity index (χ2n) is 4.96. The first kappa shape index (κ1) is 14.7. The lowest BCUT2D eigenvalue weighted by molar-refractivity contribution is 0.385. The fourth-order valence-electron chi connectivity index (χ4n) is 2.19. The highest BCUT2D eigenvalue weighted by Gasteiger charge is 2.19. The third-order valence-corrected chi connectivity index (χ3v) is 4.20. The summed E-state index contributed by atoms with van der Waals surface area (Å²) in [5.41, 5.74) is 1.24. The Bertz CT molecular complexity index is 419. The fourth-order valence-corrected chi connectivity index (χ4v) is 2.90. The molecule has 0 amide bonds. The van der Waals surface area contributed by atoms with E-state index in [0.717, 1.165) is 35.0 Å². The summed E-state index contributed by atoms with van der Waals surface area (Å²) in [4.78, 5) is 0. The number of methoxy groups -OCH3 is 2. The fraction of sp³-hybridized carbons (Fsp3) is 0.600. The van der Waals surface area contributed by atoms with Crippen LogP contribution >= 0.6 is 15.9 Å². The van der Waals surface area contributed by atoms with E-state index in [-0.39, 0.29) is 0 Å². The van der Waals surface area contributed by atoms with Crippen LogP contribution in [0.25, 0.3) is 0 Å². The van der Waals surface area contributed by atoms with E-state index in [2.05, 4.69) is 27.3 Å². The molecule has 0 unspecified atom stereocenters. The van der Waals surface area contributed by atoms with Gasteiger partial charge in [0, 0.05) is 6.04 Å². The van der Waals surface area contributed by atoms with Crippen LogP contribution in [0.2, 0.25) is 0 Å². The topological polar surface area (TPSA) is 30.5 Å². The molecule has 0 bridgehead atoms. The molecular formula is C15H22BrNO2. The van der Waals surface area contributed by atoms with E-state index in [4.69, 9.17) is 9.47 Å². The molecule has 1 fully saturated rings. The quantitative estimate of drug-likeness (QED) is 0.741. The maximum absolute atomic E-state index is 5.48. The number of hydrogen-bond acceptors (Lipinski definition) is 3. The maximum Gasteiger partial charge on any atom is 0.139 e. The number of ether oxygens (including phenoxy) is 2. The van der Waals surface area contributed by atoms with Gasteiger partial charge in [0.05, 0.1) is 14.2 Å². The maximum atomic E-state index is 5.48. The van der Waals surface area contributed by atoms with Crippen LogP contribution in [-0.4, -0.2) is 26.8 Å². The number of hydrogen-bond donors (Lipinski definition) is 1. The van der Waals surface area contributed by atoms with Crippen LogP contribution < -0.4 is 14.8 Å². The Morgan fingerprint density at radius 1 is 1.21 bits per heavy atom. The Balaban J connectivity index is 1.85. The number of nitrogens with one attached hydrogen (secondary N) is 1. The molecule has 0 atom stereocenters. The van der Waals surface area contributed by atoms with Crippen molar-refractivity contribution < 1.29 is 9.47 Å². The summed E-state index contributed by atoms with van der Waals surface area (Å²) in [5.74, 6) is 1.71. The summed E-state index contributed by atoms with van der Waals surface area (Å²) in [6.45, 7) is 1.13. The molecular weight excluding hydrogens is 306 g/mol. The van der Waals surface area contributed by atoms with Gasteiger partial charge in [-0.2, -0.15) is 0 Å². The van der Waals surface area contributed by atoms with Gasteiger partial charge >= 0.3 is 0 Å². The molecule has 0 spiro atoms. The predicted molar refractivity (Wildman–Crippen MR) is 81.2 cm³/mol. The van der Waals surface area contributed by atoms with Crippen molar-refractivity contribution in [3.63, 3.8) is 0 Å². The zero-order valence-electron chi connectivity index (χ0n) is 11.7. The van der Waals surface area contributed by atoms with Crippen molar-refractivity contribution >= 4 is 15.9 Å². The molecule has 0 aliphatic heterocycles. The standard InChI is InChI=1S/C15H22BrNO2/c1-18-13-9-6-11(15(19-2)14(13)16)5-3-4-10-17-12-7-8-12/h6,9,12,17H,3-5,7-8,10H2,1-2H3. The van der Waals surface area contributed by atoms with E-state index in [1.54, 1.807) is 14.2 Å². The van der Waals surface area contributed by atoms with Crippen molar-refractivity contribution in [1.82, 2.24) is 5.32 Å². The van der Waals surface area contributed by atoms with Crippen LogP contribution in [-0.2, 0) is 6.42 Å². The Kier molecular flexibility index (Phi) is 5.52. The molecule has 1 N–H and O–H groups in total. The van der Waals surface area contributed by atoms with Gasteiger partial charge in [0.25, 0.3) is 0 Å². The molecule has 1 aromatic carbocycles. The van der Waals surface area contributed by atoms with Gasteiger partial charge in [-0.05, 0) is 66.2 Å². The molecule has 2 rings (SSSR count). The largest absolute Gasteiger partial charge is 0.495 e. The second-order valence-corrected chi connectivity index (χ2v) is 5.75. The molecule has 0 radical (unpaired) electrons. The van der Waals surface area contributed by atoms with Gasteiger partial charge in [-0.25, -0.2) is 0 Å². The van der Waals surface area contributed by atoms with E-state index in [9.17, 15) is 0 Å². The van der Waals surface area contributed by atoms with Gasteiger partial charge in [0.15, 0.2) is 0 Å². The normalized spacial score (nSPS) is 14.5. The molecule has 106 valence electrons.